The molecule has 0 spiro atoms. The second kappa shape index (κ2) is 3.97. The summed E-state index contributed by atoms with van der Waals surface area (Å²) < 4.78 is 0. The van der Waals surface area contributed by atoms with Gasteiger partial charge in [-0.15, -0.1) is 11.6 Å². The number of carbonyl (C=O) groups is 1. The normalized spacial score (nSPS) is 30.2. The quantitative estimate of drug-likeness (QED) is 0.661. The van der Waals surface area contributed by atoms with Crippen molar-refractivity contribution in [1.82, 2.24) is 5.32 Å². The van der Waals surface area contributed by atoms with E-state index < -0.39 is 0 Å². The van der Waals surface area contributed by atoms with Gasteiger partial charge in [-0.2, -0.15) is 0 Å². The van der Waals surface area contributed by atoms with Crippen LogP contribution in [-0.4, -0.2) is 23.7 Å². The molecule has 0 aliphatic carbocycles. The number of Topliss-reactive ketones (excluding diaryl/α,β-unsaturated/α-hetero) is 1. The van der Waals surface area contributed by atoms with Gasteiger partial charge >= 0.3 is 0 Å². The molecule has 76 valence electrons. The van der Waals surface area contributed by atoms with Crippen molar-refractivity contribution < 1.29 is 4.79 Å². The van der Waals surface area contributed by atoms with Crippen LogP contribution in [0.5, 0.6) is 0 Å². The molecular weight excluding hydrogens is 186 g/mol. The Labute approximate surface area is 85.0 Å². The van der Waals surface area contributed by atoms with Crippen LogP contribution < -0.4 is 5.32 Å². The fourth-order valence-electron chi connectivity index (χ4n) is 1.57. The summed E-state index contributed by atoms with van der Waals surface area (Å²) >= 11 is 5.93. The number of alkyl halides is 1. The molecule has 2 unspecified atom stereocenters. The van der Waals surface area contributed by atoms with E-state index >= 15 is 0 Å². The monoisotopic (exact) mass is 203 g/mol. The number of nitrogens with one attached hydrogen (secondary N) is 1. The summed E-state index contributed by atoms with van der Waals surface area (Å²) in [5, 5.41) is 3.39. The molecule has 0 aromatic heterocycles. The number of hydrogen-bond donors (Lipinski definition) is 1. The SMILES string of the molecule is CC(C)(C)C(=O)C1CCC(Cl)CN1. The lowest BCUT2D eigenvalue weighted by atomic mass is 9.83. The number of hydrogen-bond acceptors (Lipinski definition) is 2. The van der Waals surface area contributed by atoms with E-state index in [9.17, 15) is 4.79 Å². The van der Waals surface area contributed by atoms with Gasteiger partial charge in [-0.25, -0.2) is 0 Å². The van der Waals surface area contributed by atoms with Gasteiger partial charge in [0.1, 0.15) is 0 Å². The van der Waals surface area contributed by atoms with Crippen molar-refractivity contribution in [3.05, 3.63) is 0 Å². The number of rotatable bonds is 1. The second-order valence-corrected chi connectivity index (χ2v) is 5.37. The molecule has 2 atom stereocenters. The lowest BCUT2D eigenvalue weighted by Gasteiger charge is -2.30. The Hall–Kier alpha value is -0.0800. The molecule has 2 nitrogen and oxygen atoms in total. The van der Waals surface area contributed by atoms with Crippen LogP contribution in [0.3, 0.4) is 0 Å². The van der Waals surface area contributed by atoms with Crippen LogP contribution >= 0.6 is 11.6 Å². The van der Waals surface area contributed by atoms with Crippen molar-refractivity contribution >= 4 is 17.4 Å². The van der Waals surface area contributed by atoms with Gasteiger partial charge in [0.05, 0.1) is 6.04 Å². The smallest absolute Gasteiger partial charge is 0.155 e. The average molecular weight is 204 g/mol. The van der Waals surface area contributed by atoms with Crippen molar-refractivity contribution in [3.8, 4) is 0 Å². The van der Waals surface area contributed by atoms with Crippen LogP contribution in [0.1, 0.15) is 33.6 Å². The summed E-state index contributed by atoms with van der Waals surface area (Å²) in [5.74, 6) is 0.302. The molecule has 0 aromatic carbocycles. The van der Waals surface area contributed by atoms with Crippen molar-refractivity contribution in [2.24, 2.45) is 5.41 Å². The first-order valence-electron chi connectivity index (χ1n) is 4.83. The van der Waals surface area contributed by atoms with Gasteiger partial charge in [0.15, 0.2) is 5.78 Å². The molecule has 0 bridgehead atoms. The molecule has 1 saturated heterocycles. The number of piperidine rings is 1. The third-order valence-corrected chi connectivity index (χ3v) is 2.78. The van der Waals surface area contributed by atoms with E-state index in [1.807, 2.05) is 20.8 Å². The molecule has 1 fully saturated rings. The molecular formula is C10H18ClNO. The van der Waals surface area contributed by atoms with Crippen LogP contribution in [0.2, 0.25) is 0 Å². The Morgan fingerprint density at radius 1 is 1.38 bits per heavy atom. The first-order chi connectivity index (χ1) is 5.91. The third kappa shape index (κ3) is 2.96. The lowest BCUT2D eigenvalue weighted by Crippen LogP contribution is -2.48. The predicted octanol–water partition coefficient (Wildman–Crippen LogP) is 1.96. The van der Waals surface area contributed by atoms with Crippen LogP contribution in [0, 0.1) is 5.41 Å². The third-order valence-electron chi connectivity index (χ3n) is 2.41. The Balaban J connectivity index is 2.50. The molecule has 0 saturated carbocycles. The highest BCUT2D eigenvalue weighted by molar-refractivity contribution is 6.20. The van der Waals surface area contributed by atoms with Gasteiger partial charge in [0.25, 0.3) is 0 Å². The summed E-state index contributed by atoms with van der Waals surface area (Å²) in [4.78, 5) is 11.8. The van der Waals surface area contributed by atoms with Crippen molar-refractivity contribution in [2.45, 2.75) is 45.0 Å². The number of halogens is 1. The summed E-state index contributed by atoms with van der Waals surface area (Å²) in [6.07, 6.45) is 1.82. The summed E-state index contributed by atoms with van der Waals surface area (Å²) in [6.45, 7) is 6.64. The fraction of sp³-hybridized carbons (Fsp3) is 0.900. The highest BCUT2D eigenvalue weighted by Crippen LogP contribution is 2.22. The van der Waals surface area contributed by atoms with Gasteiger partial charge in [-0.05, 0) is 12.8 Å². The van der Waals surface area contributed by atoms with Crippen molar-refractivity contribution in [3.63, 3.8) is 0 Å². The Kier molecular flexibility index (Phi) is 3.36. The Morgan fingerprint density at radius 2 is 2.00 bits per heavy atom. The standard InChI is InChI=1S/C10H18ClNO/c1-10(2,3)9(13)8-5-4-7(11)6-12-8/h7-8,12H,4-6H2,1-3H3. The average Bonchev–Trinajstić information content (AvgIpc) is 2.03. The molecule has 1 aliphatic rings. The zero-order valence-corrected chi connectivity index (χ0v) is 9.32. The van der Waals surface area contributed by atoms with Gasteiger partial charge in [-0.3, -0.25) is 4.79 Å². The van der Waals surface area contributed by atoms with Gasteiger partial charge in [-0.1, -0.05) is 20.8 Å². The summed E-state index contributed by atoms with van der Waals surface area (Å²) in [7, 11) is 0. The second-order valence-electron chi connectivity index (χ2n) is 4.75. The van der Waals surface area contributed by atoms with Crippen molar-refractivity contribution in [2.75, 3.05) is 6.54 Å². The first kappa shape index (κ1) is 11.0. The molecule has 0 radical (unpaired) electrons. The molecule has 1 aliphatic heterocycles. The summed E-state index contributed by atoms with van der Waals surface area (Å²) in [5.41, 5.74) is -0.239. The highest BCUT2D eigenvalue weighted by Gasteiger charge is 2.31. The first-order valence-corrected chi connectivity index (χ1v) is 5.26. The van der Waals surface area contributed by atoms with E-state index in [0.29, 0.717) is 5.78 Å². The number of carbonyl (C=O) groups excluding carboxylic acids is 1. The molecule has 1 N–H and O–H groups in total. The topological polar surface area (TPSA) is 29.1 Å². The van der Waals surface area contributed by atoms with E-state index in [4.69, 9.17) is 11.6 Å². The summed E-state index contributed by atoms with van der Waals surface area (Å²) in [6, 6.07) is 0.0231. The maximum absolute atomic E-state index is 11.8. The molecule has 1 rings (SSSR count). The molecule has 0 aromatic rings. The van der Waals surface area contributed by atoms with E-state index in [1.165, 1.54) is 0 Å². The fourth-order valence-corrected chi connectivity index (χ4v) is 1.78. The van der Waals surface area contributed by atoms with Crippen LogP contribution in [0.25, 0.3) is 0 Å². The maximum Gasteiger partial charge on any atom is 0.155 e. The van der Waals surface area contributed by atoms with E-state index in [-0.39, 0.29) is 16.8 Å². The molecule has 13 heavy (non-hydrogen) atoms. The minimum Gasteiger partial charge on any atom is -0.306 e. The Bertz CT molecular complexity index is 190. The molecule has 3 heteroatoms. The van der Waals surface area contributed by atoms with Gasteiger partial charge in [0.2, 0.25) is 0 Å². The molecule has 1 heterocycles. The minimum atomic E-state index is -0.239. The van der Waals surface area contributed by atoms with Gasteiger partial charge in [0, 0.05) is 17.3 Å². The lowest BCUT2D eigenvalue weighted by molar-refractivity contribution is -0.128. The zero-order valence-electron chi connectivity index (χ0n) is 8.56. The predicted molar refractivity (Wildman–Crippen MR) is 55.1 cm³/mol. The van der Waals surface area contributed by atoms with Crippen LogP contribution in [0.15, 0.2) is 0 Å². The van der Waals surface area contributed by atoms with Crippen LogP contribution in [0.4, 0.5) is 0 Å². The minimum absolute atomic E-state index is 0.0231. The van der Waals surface area contributed by atoms with E-state index in [0.717, 1.165) is 19.4 Å². The highest BCUT2D eigenvalue weighted by atomic mass is 35.5. The van der Waals surface area contributed by atoms with E-state index in [1.54, 1.807) is 0 Å². The van der Waals surface area contributed by atoms with E-state index in [2.05, 4.69) is 5.32 Å². The van der Waals surface area contributed by atoms with Gasteiger partial charge < -0.3 is 5.32 Å². The van der Waals surface area contributed by atoms with Crippen molar-refractivity contribution in [1.29, 1.82) is 0 Å². The largest absolute Gasteiger partial charge is 0.306 e. The molecule has 0 amide bonds. The maximum atomic E-state index is 11.8. The van der Waals surface area contributed by atoms with Crippen LogP contribution in [-0.2, 0) is 4.79 Å². The Morgan fingerprint density at radius 3 is 2.38 bits per heavy atom. The zero-order chi connectivity index (χ0) is 10.1. The number of ketones is 1.